The highest BCUT2D eigenvalue weighted by molar-refractivity contribution is 5.94. The van der Waals surface area contributed by atoms with Gasteiger partial charge < -0.3 is 10.0 Å². The number of H-pyrrole nitrogens is 1. The topological polar surface area (TPSA) is 112 Å². The average Bonchev–Trinajstić information content (AvgIpc) is 3.00. The third kappa shape index (κ3) is 3.41. The van der Waals surface area contributed by atoms with Gasteiger partial charge in [-0.3, -0.25) is 9.59 Å². The van der Waals surface area contributed by atoms with Crippen molar-refractivity contribution >= 4 is 11.9 Å². The second kappa shape index (κ2) is 6.12. The van der Waals surface area contributed by atoms with Crippen LogP contribution in [0.1, 0.15) is 17.3 Å². The Balaban J connectivity index is 2.07. The number of rotatable bonds is 5. The molecular formula is C13H15N5O3. The number of nitrogens with zero attached hydrogens (tertiary/aromatic N) is 4. The minimum Gasteiger partial charge on any atom is -0.481 e. The van der Waals surface area contributed by atoms with Gasteiger partial charge in [-0.05, 0) is 17.3 Å². The van der Waals surface area contributed by atoms with Gasteiger partial charge in [0, 0.05) is 24.7 Å². The zero-order valence-corrected chi connectivity index (χ0v) is 11.6. The molecule has 2 rings (SSSR count). The number of carboxylic acid groups (broad SMARTS) is 1. The lowest BCUT2D eigenvalue weighted by atomic mass is 10.1. The number of aromatic nitrogens is 4. The maximum Gasteiger partial charge on any atom is 0.308 e. The van der Waals surface area contributed by atoms with Gasteiger partial charge in [0.1, 0.15) is 0 Å². The van der Waals surface area contributed by atoms with E-state index in [-0.39, 0.29) is 12.5 Å². The fourth-order valence-corrected chi connectivity index (χ4v) is 1.84. The highest BCUT2D eigenvalue weighted by atomic mass is 16.4. The summed E-state index contributed by atoms with van der Waals surface area (Å²) in [5, 5.41) is 22.4. The van der Waals surface area contributed by atoms with Crippen LogP contribution in [0.25, 0.3) is 11.4 Å². The molecule has 0 bridgehead atoms. The molecule has 1 heterocycles. The predicted molar refractivity (Wildman–Crippen MR) is 73.4 cm³/mol. The van der Waals surface area contributed by atoms with Crippen LogP contribution < -0.4 is 0 Å². The Kier molecular flexibility index (Phi) is 4.27. The number of carbonyl (C=O) groups is 2. The maximum absolute atomic E-state index is 12.2. The summed E-state index contributed by atoms with van der Waals surface area (Å²) in [5.41, 5.74) is 1.21. The van der Waals surface area contributed by atoms with E-state index in [0.29, 0.717) is 11.4 Å². The molecule has 0 aliphatic heterocycles. The minimum atomic E-state index is -0.929. The van der Waals surface area contributed by atoms with Crippen molar-refractivity contribution in [1.82, 2.24) is 25.5 Å². The molecule has 1 aromatic heterocycles. The number of nitrogens with one attached hydrogen (secondary N) is 1. The standard InChI is InChI=1S/C13H15N5O3/c1-8(13(20)21)7-18(2)12(19)10-5-3-9(4-6-10)11-14-16-17-15-11/h3-6,8H,7H2,1-2H3,(H,20,21)(H,14,15,16,17). The smallest absolute Gasteiger partial charge is 0.308 e. The van der Waals surface area contributed by atoms with Crippen LogP contribution in [-0.2, 0) is 4.79 Å². The molecule has 0 saturated carbocycles. The Morgan fingerprint density at radius 2 is 2.00 bits per heavy atom. The van der Waals surface area contributed by atoms with Gasteiger partial charge in [-0.1, -0.05) is 19.1 Å². The number of aromatic amines is 1. The van der Waals surface area contributed by atoms with E-state index in [1.165, 1.54) is 4.90 Å². The van der Waals surface area contributed by atoms with Crippen molar-refractivity contribution < 1.29 is 14.7 Å². The summed E-state index contributed by atoms with van der Waals surface area (Å²) < 4.78 is 0. The van der Waals surface area contributed by atoms with Gasteiger partial charge in [0.25, 0.3) is 5.91 Å². The molecule has 0 aliphatic rings. The van der Waals surface area contributed by atoms with Gasteiger partial charge >= 0.3 is 5.97 Å². The number of carbonyl (C=O) groups excluding carboxylic acids is 1. The van der Waals surface area contributed by atoms with E-state index < -0.39 is 11.9 Å². The van der Waals surface area contributed by atoms with Crippen molar-refractivity contribution in [3.05, 3.63) is 29.8 Å². The molecule has 1 amide bonds. The number of hydrogen-bond acceptors (Lipinski definition) is 5. The normalized spacial score (nSPS) is 11.9. The van der Waals surface area contributed by atoms with E-state index in [1.807, 2.05) is 0 Å². The Hall–Kier alpha value is -2.77. The summed E-state index contributed by atoms with van der Waals surface area (Å²) in [7, 11) is 1.58. The molecular weight excluding hydrogens is 274 g/mol. The quantitative estimate of drug-likeness (QED) is 0.836. The minimum absolute atomic E-state index is 0.154. The summed E-state index contributed by atoms with van der Waals surface area (Å²) in [6.07, 6.45) is 0. The second-order valence-corrected chi connectivity index (χ2v) is 4.74. The molecule has 0 fully saturated rings. The average molecular weight is 289 g/mol. The highest BCUT2D eigenvalue weighted by Crippen LogP contribution is 2.15. The Labute approximate surface area is 120 Å². The summed E-state index contributed by atoms with van der Waals surface area (Å²) in [6.45, 7) is 1.71. The van der Waals surface area contributed by atoms with E-state index in [0.717, 1.165) is 5.56 Å². The van der Waals surface area contributed by atoms with Gasteiger partial charge in [-0.25, -0.2) is 0 Å². The van der Waals surface area contributed by atoms with E-state index in [2.05, 4.69) is 20.6 Å². The largest absolute Gasteiger partial charge is 0.481 e. The maximum atomic E-state index is 12.2. The Morgan fingerprint density at radius 3 is 2.52 bits per heavy atom. The molecule has 8 nitrogen and oxygen atoms in total. The van der Waals surface area contributed by atoms with Crippen LogP contribution in [0.2, 0.25) is 0 Å². The van der Waals surface area contributed by atoms with Crippen LogP contribution in [0.4, 0.5) is 0 Å². The van der Waals surface area contributed by atoms with Crippen LogP contribution in [0.15, 0.2) is 24.3 Å². The highest BCUT2D eigenvalue weighted by Gasteiger charge is 2.18. The Bertz CT molecular complexity index is 624. The van der Waals surface area contributed by atoms with Crippen LogP contribution in [0, 0.1) is 5.92 Å². The zero-order chi connectivity index (χ0) is 15.4. The second-order valence-electron chi connectivity index (χ2n) is 4.74. The zero-order valence-electron chi connectivity index (χ0n) is 11.6. The van der Waals surface area contributed by atoms with E-state index in [4.69, 9.17) is 5.11 Å². The van der Waals surface area contributed by atoms with Crippen LogP contribution in [-0.4, -0.2) is 56.1 Å². The first-order valence-corrected chi connectivity index (χ1v) is 6.31. The monoisotopic (exact) mass is 289 g/mol. The van der Waals surface area contributed by atoms with E-state index in [9.17, 15) is 9.59 Å². The molecule has 110 valence electrons. The van der Waals surface area contributed by atoms with Crippen LogP contribution >= 0.6 is 0 Å². The summed E-state index contributed by atoms with van der Waals surface area (Å²) >= 11 is 0. The van der Waals surface area contributed by atoms with Crippen molar-refractivity contribution in [1.29, 1.82) is 0 Å². The van der Waals surface area contributed by atoms with E-state index in [1.54, 1.807) is 38.2 Å². The molecule has 1 aromatic carbocycles. The number of aliphatic carboxylic acids is 1. The van der Waals surface area contributed by atoms with Gasteiger partial charge in [-0.2, -0.15) is 5.21 Å². The summed E-state index contributed by atoms with van der Waals surface area (Å²) in [4.78, 5) is 24.4. The molecule has 8 heteroatoms. The number of tetrazole rings is 1. The fourth-order valence-electron chi connectivity index (χ4n) is 1.84. The molecule has 1 atom stereocenters. The first-order valence-electron chi connectivity index (χ1n) is 6.31. The molecule has 0 radical (unpaired) electrons. The summed E-state index contributed by atoms with van der Waals surface area (Å²) in [6, 6.07) is 6.73. The molecule has 2 N–H and O–H groups in total. The van der Waals surface area contributed by atoms with Crippen LogP contribution in [0.3, 0.4) is 0 Å². The van der Waals surface area contributed by atoms with Crippen LogP contribution in [0.5, 0.6) is 0 Å². The number of benzene rings is 1. The third-order valence-corrected chi connectivity index (χ3v) is 3.05. The molecule has 21 heavy (non-hydrogen) atoms. The van der Waals surface area contributed by atoms with Crippen molar-refractivity contribution in [3.8, 4) is 11.4 Å². The van der Waals surface area contributed by atoms with Gasteiger partial charge in [0.2, 0.25) is 5.82 Å². The molecule has 0 aliphatic carbocycles. The molecule has 0 saturated heterocycles. The van der Waals surface area contributed by atoms with Gasteiger partial charge in [0.15, 0.2) is 0 Å². The van der Waals surface area contributed by atoms with Crippen molar-refractivity contribution in [2.45, 2.75) is 6.92 Å². The predicted octanol–water partition coefficient (Wildman–Crippen LogP) is 0.659. The molecule has 0 spiro atoms. The molecule has 2 aromatic rings. The number of carboxylic acids is 1. The Morgan fingerprint density at radius 1 is 1.33 bits per heavy atom. The van der Waals surface area contributed by atoms with Gasteiger partial charge in [0.05, 0.1) is 5.92 Å². The SMILES string of the molecule is CC(CN(C)C(=O)c1ccc(-c2nn[nH]n2)cc1)C(=O)O. The number of hydrogen-bond donors (Lipinski definition) is 2. The van der Waals surface area contributed by atoms with Gasteiger partial charge in [-0.15, -0.1) is 10.2 Å². The lowest BCUT2D eigenvalue weighted by Gasteiger charge is -2.19. The van der Waals surface area contributed by atoms with Crippen molar-refractivity contribution in [2.75, 3.05) is 13.6 Å². The first kappa shape index (κ1) is 14.6. The van der Waals surface area contributed by atoms with Crippen molar-refractivity contribution in [3.63, 3.8) is 0 Å². The third-order valence-electron chi connectivity index (χ3n) is 3.05. The lowest BCUT2D eigenvalue weighted by molar-refractivity contribution is -0.141. The summed E-state index contributed by atoms with van der Waals surface area (Å²) in [5.74, 6) is -1.33. The fraction of sp³-hybridized carbons (Fsp3) is 0.308. The number of amides is 1. The molecule has 1 unspecified atom stereocenters. The van der Waals surface area contributed by atoms with Crippen molar-refractivity contribution in [2.24, 2.45) is 5.92 Å². The first-order chi connectivity index (χ1) is 9.99. The van der Waals surface area contributed by atoms with E-state index >= 15 is 0 Å². The lowest BCUT2D eigenvalue weighted by Crippen LogP contribution is -2.33.